The van der Waals surface area contributed by atoms with Crippen molar-refractivity contribution in [1.82, 2.24) is 0 Å². The monoisotopic (exact) mass is 466 g/mol. The number of ether oxygens (including phenoxy) is 1. The molecule has 0 N–H and O–H groups in total. The van der Waals surface area contributed by atoms with Crippen molar-refractivity contribution in [3.8, 4) is 43.5 Å². The van der Waals surface area contributed by atoms with Gasteiger partial charge < -0.3 is 9.15 Å². The summed E-state index contributed by atoms with van der Waals surface area (Å²) in [4.78, 5) is 2.46. The Balaban J connectivity index is 1.22. The van der Waals surface area contributed by atoms with Gasteiger partial charge in [-0.25, -0.2) is 0 Å². The van der Waals surface area contributed by atoms with Crippen LogP contribution in [0, 0.1) is 0 Å². The Bertz CT molecular complexity index is 1930. The van der Waals surface area contributed by atoms with E-state index in [0.29, 0.717) is 0 Å². The van der Waals surface area contributed by atoms with Crippen molar-refractivity contribution in [3.05, 3.63) is 109 Å². The Hall–Kier alpha value is -4.34. The van der Waals surface area contributed by atoms with Crippen molar-refractivity contribution in [3.63, 3.8) is 0 Å². The third kappa shape index (κ3) is 2.82. The van der Waals surface area contributed by atoms with E-state index >= 15 is 0 Å². The molecule has 2 aromatic heterocycles. The second-order valence-electron chi connectivity index (χ2n) is 8.95. The van der Waals surface area contributed by atoms with Crippen LogP contribution in [0.15, 0.2) is 114 Å². The van der Waals surface area contributed by atoms with E-state index in [4.69, 9.17) is 9.15 Å². The summed E-state index contributed by atoms with van der Waals surface area (Å²) < 4.78 is 12.4. The number of fused-ring (bicyclic) bond motifs is 5. The third-order valence-corrected chi connectivity index (χ3v) is 8.09. The first-order valence-corrected chi connectivity index (χ1v) is 12.5. The van der Waals surface area contributed by atoms with E-state index in [-0.39, 0.29) is 0 Å². The minimum absolute atomic E-state index is 0.909. The van der Waals surface area contributed by atoms with Gasteiger partial charge in [-0.3, -0.25) is 0 Å². The maximum Gasteiger partial charge on any atom is 0.136 e. The maximum absolute atomic E-state index is 6.27. The minimum atomic E-state index is 0.909. The molecule has 0 aliphatic carbocycles. The highest BCUT2D eigenvalue weighted by molar-refractivity contribution is 7.18. The highest BCUT2D eigenvalue weighted by atomic mass is 32.1. The molecule has 0 spiro atoms. The van der Waals surface area contributed by atoms with Gasteiger partial charge in [-0.05, 0) is 76.7 Å². The fraction of sp³-hybridized carbons (Fsp3) is 0. The van der Waals surface area contributed by atoms with Gasteiger partial charge in [-0.2, -0.15) is 0 Å². The Morgan fingerprint density at radius 3 is 2.20 bits per heavy atom. The Kier molecular flexibility index (Phi) is 3.85. The summed E-state index contributed by atoms with van der Waals surface area (Å²) in [6.45, 7) is 0. The zero-order valence-electron chi connectivity index (χ0n) is 18.6. The van der Waals surface area contributed by atoms with Gasteiger partial charge in [-0.1, -0.05) is 54.6 Å². The fourth-order valence-corrected chi connectivity index (χ4v) is 6.24. The van der Waals surface area contributed by atoms with Gasteiger partial charge in [-0.15, -0.1) is 11.3 Å². The molecular weight excluding hydrogens is 448 g/mol. The molecule has 0 fully saturated rings. The quantitative estimate of drug-likeness (QED) is 0.253. The van der Waals surface area contributed by atoms with Gasteiger partial charge in [0.05, 0.1) is 0 Å². The van der Waals surface area contributed by atoms with Gasteiger partial charge in [0.15, 0.2) is 0 Å². The topological polar surface area (TPSA) is 22.4 Å². The van der Waals surface area contributed by atoms with Crippen LogP contribution in [0.5, 0.6) is 11.5 Å². The van der Waals surface area contributed by atoms with Gasteiger partial charge in [0.1, 0.15) is 22.7 Å². The Morgan fingerprint density at radius 2 is 1.29 bits per heavy atom. The number of hydrogen-bond acceptors (Lipinski definition) is 3. The largest absolute Gasteiger partial charge is 0.456 e. The van der Waals surface area contributed by atoms with Crippen molar-refractivity contribution in [2.24, 2.45) is 0 Å². The lowest BCUT2D eigenvalue weighted by atomic mass is 9.93. The molecule has 8 rings (SSSR count). The molecule has 0 saturated carbocycles. The summed E-state index contributed by atoms with van der Waals surface area (Å²) in [7, 11) is 0. The fourth-order valence-electron chi connectivity index (χ4n) is 5.24. The summed E-state index contributed by atoms with van der Waals surface area (Å²) in [5, 5.41) is 4.71. The normalized spacial score (nSPS) is 12.2. The average molecular weight is 467 g/mol. The molecule has 0 amide bonds. The molecule has 35 heavy (non-hydrogen) atoms. The van der Waals surface area contributed by atoms with Crippen molar-refractivity contribution in [1.29, 1.82) is 0 Å². The summed E-state index contributed by atoms with van der Waals surface area (Å²) in [5.41, 5.74) is 6.60. The molecule has 1 aliphatic heterocycles. The Morgan fingerprint density at radius 1 is 0.514 bits per heavy atom. The van der Waals surface area contributed by atoms with Crippen LogP contribution >= 0.6 is 11.3 Å². The van der Waals surface area contributed by atoms with Crippen molar-refractivity contribution in [2.75, 3.05) is 0 Å². The molecule has 0 unspecified atom stereocenters. The van der Waals surface area contributed by atoms with E-state index in [9.17, 15) is 0 Å². The van der Waals surface area contributed by atoms with Gasteiger partial charge >= 0.3 is 0 Å². The Labute approximate surface area is 205 Å². The molecule has 2 nitrogen and oxygen atoms in total. The molecule has 164 valence electrons. The highest BCUT2D eigenvalue weighted by Crippen LogP contribution is 2.48. The van der Waals surface area contributed by atoms with Crippen molar-refractivity contribution >= 4 is 44.0 Å². The molecule has 7 aromatic rings. The van der Waals surface area contributed by atoms with Crippen molar-refractivity contribution in [2.45, 2.75) is 0 Å². The molecule has 3 heterocycles. The first-order chi connectivity index (χ1) is 17.3. The highest BCUT2D eigenvalue weighted by Gasteiger charge is 2.20. The molecule has 0 atom stereocenters. The van der Waals surface area contributed by atoms with E-state index in [2.05, 4.69) is 91.0 Å². The van der Waals surface area contributed by atoms with Gasteiger partial charge in [0, 0.05) is 31.5 Å². The van der Waals surface area contributed by atoms with E-state index in [1.165, 1.54) is 37.2 Å². The second-order valence-corrected chi connectivity index (χ2v) is 10.0. The number of rotatable bonds is 2. The van der Waals surface area contributed by atoms with Gasteiger partial charge in [0.2, 0.25) is 0 Å². The molecular formula is C32H18O2S. The van der Waals surface area contributed by atoms with Gasteiger partial charge in [0.25, 0.3) is 0 Å². The first-order valence-electron chi connectivity index (χ1n) is 11.7. The standard InChI is InChI=1S/C32H18O2S/c1-2-9-26-22(7-1)23-13-11-21(18-29(23)34-26)31-16-15-30(35-31)20-12-14-27-25(17-20)24-8-3-5-19-6-4-10-28(33-27)32(19)24/h1-18H. The lowest BCUT2D eigenvalue weighted by Crippen LogP contribution is -1.97. The van der Waals surface area contributed by atoms with Crippen LogP contribution in [0.25, 0.3) is 64.7 Å². The number of furan rings is 1. The van der Waals surface area contributed by atoms with E-state index in [0.717, 1.165) is 39.0 Å². The predicted molar refractivity (Wildman–Crippen MR) is 145 cm³/mol. The van der Waals surface area contributed by atoms with E-state index < -0.39 is 0 Å². The van der Waals surface area contributed by atoms with Crippen LogP contribution in [0.2, 0.25) is 0 Å². The number of thiophene rings is 1. The smallest absolute Gasteiger partial charge is 0.136 e. The van der Waals surface area contributed by atoms with Crippen LogP contribution in [0.3, 0.4) is 0 Å². The molecule has 0 bridgehead atoms. The molecule has 1 aliphatic rings. The molecule has 0 saturated heterocycles. The molecule has 5 aromatic carbocycles. The summed E-state index contributed by atoms with van der Waals surface area (Å²) in [6.07, 6.45) is 0. The van der Waals surface area contributed by atoms with Crippen LogP contribution in [-0.2, 0) is 0 Å². The third-order valence-electron chi connectivity index (χ3n) is 6.91. The predicted octanol–water partition coefficient (Wildman–Crippen LogP) is 9.91. The maximum atomic E-state index is 6.27. The summed E-state index contributed by atoms with van der Waals surface area (Å²) in [6, 6.07) is 38.4. The van der Waals surface area contributed by atoms with E-state index in [1.807, 2.05) is 18.2 Å². The first kappa shape index (κ1) is 19.0. The number of para-hydroxylation sites is 1. The molecule has 0 radical (unpaired) electrons. The second kappa shape index (κ2) is 7.08. The van der Waals surface area contributed by atoms with Crippen LogP contribution in [0.1, 0.15) is 0 Å². The minimum Gasteiger partial charge on any atom is -0.456 e. The van der Waals surface area contributed by atoms with Crippen LogP contribution < -0.4 is 4.74 Å². The lowest BCUT2D eigenvalue weighted by molar-refractivity contribution is 0.487. The zero-order valence-corrected chi connectivity index (χ0v) is 19.4. The van der Waals surface area contributed by atoms with Crippen molar-refractivity contribution < 1.29 is 9.15 Å². The number of benzene rings is 5. The number of hydrogen-bond donors (Lipinski definition) is 0. The van der Waals surface area contributed by atoms with Crippen LogP contribution in [-0.4, -0.2) is 0 Å². The van der Waals surface area contributed by atoms with Crippen LogP contribution in [0.4, 0.5) is 0 Å². The summed E-state index contributed by atoms with van der Waals surface area (Å²) >= 11 is 1.80. The van der Waals surface area contributed by atoms with E-state index in [1.54, 1.807) is 11.3 Å². The summed E-state index contributed by atoms with van der Waals surface area (Å²) in [5.74, 6) is 1.84. The molecule has 3 heteroatoms. The SMILES string of the molecule is c1cc2c3c(cccc3c1)-c1cc(-c3ccc(-c4ccc5c(c4)oc4ccccc45)s3)ccc1O2. The average Bonchev–Trinajstić information content (AvgIpc) is 3.54. The zero-order chi connectivity index (χ0) is 22.9. The lowest BCUT2D eigenvalue weighted by Gasteiger charge is -2.21.